The summed E-state index contributed by atoms with van der Waals surface area (Å²) in [5.41, 5.74) is 0.712. The van der Waals surface area contributed by atoms with Crippen LogP contribution in [-0.2, 0) is 9.53 Å². The van der Waals surface area contributed by atoms with Crippen molar-refractivity contribution in [2.24, 2.45) is 0 Å². The maximum atomic E-state index is 12.0. The standard InChI is InChI=1S/C13H20O2/c1-13(2)9-11(14)10-7-5-3-4-6-8-12(10)15-13/h3-9H2,1-2H3. The lowest BCUT2D eigenvalue weighted by atomic mass is 9.87. The van der Waals surface area contributed by atoms with Crippen LogP contribution in [0.15, 0.2) is 11.3 Å². The number of hydrogen-bond acceptors (Lipinski definition) is 2. The molecule has 84 valence electrons. The molecule has 0 radical (unpaired) electrons. The SMILES string of the molecule is CC1(C)CC(=O)C2=C(CCCCCC2)O1. The summed E-state index contributed by atoms with van der Waals surface area (Å²) in [6, 6.07) is 0. The maximum absolute atomic E-state index is 12.0. The molecule has 2 aliphatic rings. The van der Waals surface area contributed by atoms with Crippen molar-refractivity contribution in [2.45, 2.75) is 64.4 Å². The predicted molar refractivity (Wildman–Crippen MR) is 59.5 cm³/mol. The summed E-state index contributed by atoms with van der Waals surface area (Å²) in [5, 5.41) is 0. The number of carbonyl (C=O) groups is 1. The van der Waals surface area contributed by atoms with E-state index in [9.17, 15) is 4.79 Å². The predicted octanol–water partition coefficient (Wildman–Crippen LogP) is 3.36. The minimum Gasteiger partial charge on any atom is -0.491 e. The van der Waals surface area contributed by atoms with Gasteiger partial charge in [0.2, 0.25) is 0 Å². The number of allylic oxidation sites excluding steroid dienone is 2. The molecule has 0 saturated carbocycles. The molecule has 0 aromatic heterocycles. The van der Waals surface area contributed by atoms with Crippen LogP contribution >= 0.6 is 0 Å². The molecule has 0 spiro atoms. The van der Waals surface area contributed by atoms with Crippen LogP contribution in [0.25, 0.3) is 0 Å². The number of ketones is 1. The van der Waals surface area contributed by atoms with Gasteiger partial charge in [0.15, 0.2) is 5.78 Å². The highest BCUT2D eigenvalue weighted by atomic mass is 16.5. The Morgan fingerprint density at radius 3 is 2.47 bits per heavy atom. The molecule has 15 heavy (non-hydrogen) atoms. The van der Waals surface area contributed by atoms with Gasteiger partial charge in [-0.2, -0.15) is 0 Å². The Morgan fingerprint density at radius 2 is 1.73 bits per heavy atom. The highest BCUT2D eigenvalue weighted by Crippen LogP contribution is 2.35. The van der Waals surface area contributed by atoms with Gasteiger partial charge in [-0.1, -0.05) is 12.8 Å². The fraction of sp³-hybridized carbons (Fsp3) is 0.769. The number of hydrogen-bond donors (Lipinski definition) is 0. The number of ether oxygens (including phenoxy) is 1. The fourth-order valence-electron chi connectivity index (χ4n) is 2.50. The second-order valence-electron chi connectivity index (χ2n) is 5.28. The van der Waals surface area contributed by atoms with Crippen LogP contribution in [-0.4, -0.2) is 11.4 Å². The van der Waals surface area contributed by atoms with Crippen LogP contribution < -0.4 is 0 Å². The monoisotopic (exact) mass is 208 g/mol. The summed E-state index contributed by atoms with van der Waals surface area (Å²) < 4.78 is 5.94. The number of carbonyl (C=O) groups excluding carboxylic acids is 1. The number of rotatable bonds is 0. The molecule has 0 atom stereocenters. The van der Waals surface area contributed by atoms with Gasteiger partial charge in [-0.15, -0.1) is 0 Å². The van der Waals surface area contributed by atoms with Crippen molar-refractivity contribution in [2.75, 3.05) is 0 Å². The maximum Gasteiger partial charge on any atom is 0.166 e. The summed E-state index contributed by atoms with van der Waals surface area (Å²) in [6.45, 7) is 4.01. The Hall–Kier alpha value is -0.790. The highest BCUT2D eigenvalue weighted by Gasteiger charge is 2.33. The van der Waals surface area contributed by atoms with Crippen molar-refractivity contribution in [1.82, 2.24) is 0 Å². The van der Waals surface area contributed by atoms with E-state index in [-0.39, 0.29) is 5.60 Å². The van der Waals surface area contributed by atoms with E-state index in [0.29, 0.717) is 12.2 Å². The first-order valence-corrected chi connectivity index (χ1v) is 6.03. The molecular weight excluding hydrogens is 188 g/mol. The molecule has 0 aromatic rings. The zero-order valence-corrected chi connectivity index (χ0v) is 9.77. The van der Waals surface area contributed by atoms with Gasteiger partial charge in [-0.3, -0.25) is 4.79 Å². The van der Waals surface area contributed by atoms with E-state index < -0.39 is 0 Å². The second kappa shape index (κ2) is 3.99. The zero-order valence-electron chi connectivity index (χ0n) is 9.77. The summed E-state index contributed by atoms with van der Waals surface area (Å²) in [7, 11) is 0. The van der Waals surface area contributed by atoms with E-state index in [0.717, 1.165) is 30.6 Å². The molecule has 0 fully saturated rings. The van der Waals surface area contributed by atoms with E-state index in [1.807, 2.05) is 13.8 Å². The van der Waals surface area contributed by atoms with E-state index in [4.69, 9.17) is 4.74 Å². The van der Waals surface area contributed by atoms with Crippen LogP contribution in [0.3, 0.4) is 0 Å². The van der Waals surface area contributed by atoms with Gasteiger partial charge in [0.1, 0.15) is 11.4 Å². The van der Waals surface area contributed by atoms with Crippen LogP contribution in [0.2, 0.25) is 0 Å². The highest BCUT2D eigenvalue weighted by molar-refractivity contribution is 5.97. The third-order valence-corrected chi connectivity index (χ3v) is 3.24. The summed E-state index contributed by atoms with van der Waals surface area (Å²) >= 11 is 0. The molecular formula is C13H20O2. The molecule has 2 nitrogen and oxygen atoms in total. The Kier molecular flexibility index (Phi) is 2.85. The van der Waals surface area contributed by atoms with E-state index in [1.54, 1.807) is 0 Å². The quantitative estimate of drug-likeness (QED) is 0.610. The molecule has 2 heteroatoms. The van der Waals surface area contributed by atoms with Crippen molar-refractivity contribution in [3.05, 3.63) is 11.3 Å². The van der Waals surface area contributed by atoms with E-state index in [1.165, 1.54) is 19.3 Å². The minimum atomic E-state index is -0.283. The average molecular weight is 208 g/mol. The summed E-state index contributed by atoms with van der Waals surface area (Å²) in [4.78, 5) is 12.0. The Morgan fingerprint density at radius 1 is 1.07 bits per heavy atom. The lowest BCUT2D eigenvalue weighted by molar-refractivity contribution is -0.123. The van der Waals surface area contributed by atoms with Gasteiger partial charge in [-0.25, -0.2) is 0 Å². The summed E-state index contributed by atoms with van der Waals surface area (Å²) in [5.74, 6) is 1.32. The second-order valence-corrected chi connectivity index (χ2v) is 5.28. The minimum absolute atomic E-state index is 0.283. The molecule has 2 rings (SSSR count). The average Bonchev–Trinajstić information content (AvgIpc) is 2.06. The van der Waals surface area contributed by atoms with Gasteiger partial charge >= 0.3 is 0 Å². The van der Waals surface area contributed by atoms with Crippen LogP contribution in [0.1, 0.15) is 58.8 Å². The molecule has 1 aliphatic heterocycles. The Balaban J connectivity index is 2.25. The van der Waals surface area contributed by atoms with Gasteiger partial charge in [0.25, 0.3) is 0 Å². The zero-order chi connectivity index (χ0) is 10.9. The van der Waals surface area contributed by atoms with Crippen LogP contribution in [0.5, 0.6) is 0 Å². The van der Waals surface area contributed by atoms with Crippen LogP contribution in [0, 0.1) is 0 Å². The molecule has 1 heterocycles. The van der Waals surface area contributed by atoms with Crippen molar-refractivity contribution in [1.29, 1.82) is 0 Å². The molecule has 1 aliphatic carbocycles. The largest absolute Gasteiger partial charge is 0.491 e. The van der Waals surface area contributed by atoms with E-state index >= 15 is 0 Å². The Labute approximate surface area is 91.7 Å². The Bertz CT molecular complexity index is 300. The first-order chi connectivity index (χ1) is 7.08. The van der Waals surface area contributed by atoms with Gasteiger partial charge < -0.3 is 4.74 Å². The fourth-order valence-corrected chi connectivity index (χ4v) is 2.50. The molecule has 0 saturated heterocycles. The normalized spacial score (nSPS) is 26.4. The molecule has 0 unspecified atom stereocenters. The molecule has 0 bridgehead atoms. The first-order valence-electron chi connectivity index (χ1n) is 6.03. The van der Waals surface area contributed by atoms with Crippen molar-refractivity contribution in [3.63, 3.8) is 0 Å². The topological polar surface area (TPSA) is 26.3 Å². The van der Waals surface area contributed by atoms with Gasteiger partial charge in [0.05, 0.1) is 6.42 Å². The summed E-state index contributed by atoms with van der Waals surface area (Å²) in [6.07, 6.45) is 7.29. The first kappa shape index (κ1) is 10.7. The van der Waals surface area contributed by atoms with Gasteiger partial charge in [0, 0.05) is 12.0 Å². The third kappa shape index (κ3) is 2.42. The van der Waals surface area contributed by atoms with E-state index in [2.05, 4.69) is 0 Å². The van der Waals surface area contributed by atoms with Crippen molar-refractivity contribution in [3.8, 4) is 0 Å². The third-order valence-electron chi connectivity index (χ3n) is 3.24. The van der Waals surface area contributed by atoms with Crippen molar-refractivity contribution < 1.29 is 9.53 Å². The smallest absolute Gasteiger partial charge is 0.166 e. The van der Waals surface area contributed by atoms with Crippen molar-refractivity contribution >= 4 is 5.78 Å². The molecule has 0 N–H and O–H groups in total. The molecule has 0 amide bonds. The lowest BCUT2D eigenvalue weighted by Crippen LogP contribution is -2.34. The number of Topliss-reactive ketones (excluding diaryl/α,β-unsaturated/α-hetero) is 1. The van der Waals surface area contributed by atoms with Crippen LogP contribution in [0.4, 0.5) is 0 Å². The molecule has 0 aromatic carbocycles. The lowest BCUT2D eigenvalue weighted by Gasteiger charge is -2.34. The van der Waals surface area contributed by atoms with Gasteiger partial charge in [-0.05, 0) is 33.1 Å².